The number of pyridine rings is 1. The summed E-state index contributed by atoms with van der Waals surface area (Å²) in [7, 11) is 0. The molecule has 0 bridgehead atoms. The Morgan fingerprint density at radius 1 is 1.12 bits per heavy atom. The predicted molar refractivity (Wildman–Crippen MR) is 71.3 cm³/mol. The summed E-state index contributed by atoms with van der Waals surface area (Å²) in [6.45, 7) is 8.00. The second-order valence-electron chi connectivity index (χ2n) is 2.68. The first-order valence-electron chi connectivity index (χ1n) is 5.88. The van der Waals surface area contributed by atoms with Crippen molar-refractivity contribution in [3.63, 3.8) is 0 Å². The number of aromatic nitrogens is 1. The van der Waals surface area contributed by atoms with Crippen LogP contribution in [0.5, 0.6) is 5.75 Å². The molecule has 0 spiro atoms. The Balaban J connectivity index is 0.000000581. The molecule has 0 saturated heterocycles. The van der Waals surface area contributed by atoms with Gasteiger partial charge in [0.05, 0.1) is 0 Å². The van der Waals surface area contributed by atoms with Gasteiger partial charge in [0.15, 0.2) is 0 Å². The molecule has 0 saturated carbocycles. The highest BCUT2D eigenvalue weighted by atomic mass is 16.3. The van der Waals surface area contributed by atoms with Gasteiger partial charge in [-0.15, -0.1) is 0 Å². The highest BCUT2D eigenvalue weighted by Crippen LogP contribution is 2.28. The van der Waals surface area contributed by atoms with Gasteiger partial charge < -0.3 is 10.2 Å². The number of hydrogen-bond acceptors (Lipinski definition) is 4. The minimum atomic E-state index is 0.0306. The van der Waals surface area contributed by atoms with Gasteiger partial charge in [0.25, 0.3) is 0 Å². The van der Waals surface area contributed by atoms with Crippen molar-refractivity contribution in [1.82, 2.24) is 4.98 Å². The third kappa shape index (κ3) is 3.90. The zero-order valence-corrected chi connectivity index (χ0v) is 10.8. The van der Waals surface area contributed by atoms with Gasteiger partial charge in [0.2, 0.25) is 0 Å². The largest absolute Gasteiger partial charge is 0.510 e. The van der Waals surface area contributed by atoms with Crippen LogP contribution in [0.15, 0.2) is 29.1 Å². The zero-order valence-electron chi connectivity index (χ0n) is 10.8. The van der Waals surface area contributed by atoms with E-state index in [1.165, 1.54) is 6.07 Å². The van der Waals surface area contributed by atoms with Gasteiger partial charge >= 0.3 is 0 Å². The monoisotopic (exact) mass is 236 g/mol. The molecule has 0 amide bonds. The van der Waals surface area contributed by atoms with E-state index in [1.807, 2.05) is 27.7 Å². The van der Waals surface area contributed by atoms with Crippen molar-refractivity contribution < 1.29 is 10.2 Å². The number of hydrogen-bond donors (Lipinski definition) is 2. The molecular formula is C13H20N2O2. The molecular weight excluding hydrogens is 216 g/mol. The molecule has 17 heavy (non-hydrogen) atoms. The van der Waals surface area contributed by atoms with Gasteiger partial charge in [0, 0.05) is 18.8 Å². The van der Waals surface area contributed by atoms with Crippen LogP contribution in [-0.4, -0.2) is 21.4 Å². The maximum Gasteiger partial charge on any atom is 0.143 e. The summed E-state index contributed by atoms with van der Waals surface area (Å²) in [6, 6.07) is 3.13. The summed E-state index contributed by atoms with van der Waals surface area (Å²) in [5.41, 5.74) is 0.687. The van der Waals surface area contributed by atoms with Crippen LogP contribution in [0.2, 0.25) is 0 Å². The first kappa shape index (κ1) is 15.2. The van der Waals surface area contributed by atoms with E-state index in [0.717, 1.165) is 0 Å². The molecule has 0 fully saturated rings. The van der Waals surface area contributed by atoms with Crippen LogP contribution in [0.25, 0.3) is 5.70 Å². The van der Waals surface area contributed by atoms with Crippen molar-refractivity contribution in [3.8, 4) is 5.75 Å². The lowest BCUT2D eigenvalue weighted by atomic mass is 10.2. The summed E-state index contributed by atoms with van der Waals surface area (Å²) in [4.78, 5) is 7.86. The molecule has 1 aromatic heterocycles. The number of aliphatic hydroxyl groups excluding tert-OH is 1. The summed E-state index contributed by atoms with van der Waals surface area (Å²) < 4.78 is 0. The molecule has 94 valence electrons. The minimum absolute atomic E-state index is 0.0306. The van der Waals surface area contributed by atoms with Gasteiger partial charge in [-0.1, -0.05) is 27.7 Å². The number of allylic oxidation sites excluding steroid dienone is 1. The molecule has 1 aromatic rings. The Morgan fingerprint density at radius 3 is 2.24 bits per heavy atom. The summed E-state index contributed by atoms with van der Waals surface area (Å²) in [6.07, 6.45) is 3.54. The van der Waals surface area contributed by atoms with Crippen LogP contribution in [0, 0.1) is 0 Å². The molecule has 0 aliphatic carbocycles. The van der Waals surface area contributed by atoms with Crippen molar-refractivity contribution in [2.24, 2.45) is 4.99 Å². The maximum atomic E-state index is 9.41. The SMILES string of the molecule is CC.CC.OC1=C(c2ncccc2O)N=CC1. The number of aromatic hydroxyl groups is 1. The normalized spacial score (nSPS) is 12.5. The van der Waals surface area contributed by atoms with Gasteiger partial charge in [-0.2, -0.15) is 0 Å². The Bertz CT molecular complexity index is 398. The van der Waals surface area contributed by atoms with Crippen molar-refractivity contribution in [2.75, 3.05) is 0 Å². The predicted octanol–water partition coefficient (Wildman–Crippen LogP) is 3.54. The highest BCUT2D eigenvalue weighted by Gasteiger charge is 2.15. The van der Waals surface area contributed by atoms with Gasteiger partial charge in [-0.05, 0) is 12.1 Å². The van der Waals surface area contributed by atoms with E-state index in [1.54, 1.807) is 18.5 Å². The smallest absolute Gasteiger partial charge is 0.143 e. The molecule has 4 heteroatoms. The lowest BCUT2D eigenvalue weighted by Gasteiger charge is -2.01. The van der Waals surface area contributed by atoms with E-state index in [9.17, 15) is 10.2 Å². The van der Waals surface area contributed by atoms with E-state index in [4.69, 9.17) is 0 Å². The Morgan fingerprint density at radius 2 is 1.76 bits per heavy atom. The lowest BCUT2D eigenvalue weighted by Crippen LogP contribution is -1.88. The fourth-order valence-electron chi connectivity index (χ4n) is 1.17. The number of rotatable bonds is 1. The molecule has 1 aliphatic heterocycles. The van der Waals surface area contributed by atoms with Crippen LogP contribution in [0.1, 0.15) is 39.8 Å². The quantitative estimate of drug-likeness (QED) is 0.783. The fourth-order valence-corrected chi connectivity index (χ4v) is 1.17. The van der Waals surface area contributed by atoms with E-state index in [-0.39, 0.29) is 11.5 Å². The van der Waals surface area contributed by atoms with Crippen molar-refractivity contribution in [3.05, 3.63) is 29.8 Å². The molecule has 2 heterocycles. The summed E-state index contributed by atoms with van der Waals surface area (Å²) >= 11 is 0. The first-order valence-corrected chi connectivity index (χ1v) is 5.88. The molecule has 1 aliphatic rings. The Labute approximate surface area is 102 Å². The van der Waals surface area contributed by atoms with E-state index >= 15 is 0 Å². The molecule has 0 aromatic carbocycles. The van der Waals surface area contributed by atoms with Crippen LogP contribution in [0.3, 0.4) is 0 Å². The molecule has 0 radical (unpaired) electrons. The first-order chi connectivity index (χ1) is 8.29. The molecule has 0 unspecified atom stereocenters. The van der Waals surface area contributed by atoms with Crippen LogP contribution in [-0.2, 0) is 0 Å². The maximum absolute atomic E-state index is 9.41. The fraction of sp³-hybridized carbons (Fsp3) is 0.385. The zero-order chi connectivity index (χ0) is 13.3. The van der Waals surface area contributed by atoms with Gasteiger partial charge in [-0.25, -0.2) is 0 Å². The molecule has 0 atom stereocenters. The van der Waals surface area contributed by atoms with Crippen molar-refractivity contribution in [2.45, 2.75) is 34.1 Å². The topological polar surface area (TPSA) is 65.7 Å². The molecule has 2 N–H and O–H groups in total. The average molecular weight is 236 g/mol. The summed E-state index contributed by atoms with van der Waals surface area (Å²) in [5.74, 6) is 0.178. The molecule has 4 nitrogen and oxygen atoms in total. The highest BCUT2D eigenvalue weighted by molar-refractivity contribution is 5.83. The standard InChI is InChI=1S/C9H8N2O2.2C2H6/c12-6-2-1-4-10-8(6)9-7(13)3-5-11-9;2*1-2/h1-2,4-5,12-13H,3H2;2*1-2H3. The second-order valence-corrected chi connectivity index (χ2v) is 2.68. The van der Waals surface area contributed by atoms with Crippen LogP contribution < -0.4 is 0 Å². The average Bonchev–Trinajstić information content (AvgIpc) is 2.81. The Hall–Kier alpha value is -1.84. The molecule has 2 rings (SSSR count). The van der Waals surface area contributed by atoms with Crippen molar-refractivity contribution in [1.29, 1.82) is 0 Å². The Kier molecular flexibility index (Phi) is 7.43. The summed E-state index contributed by atoms with van der Waals surface area (Å²) in [5, 5.41) is 18.8. The van der Waals surface area contributed by atoms with Gasteiger partial charge in [0.1, 0.15) is 22.9 Å². The van der Waals surface area contributed by atoms with Gasteiger partial charge in [-0.3, -0.25) is 9.98 Å². The van der Waals surface area contributed by atoms with E-state index in [2.05, 4.69) is 9.98 Å². The van der Waals surface area contributed by atoms with Crippen LogP contribution >= 0.6 is 0 Å². The minimum Gasteiger partial charge on any atom is -0.510 e. The lowest BCUT2D eigenvalue weighted by molar-refractivity contribution is 0.409. The number of aliphatic imine (C=N–C) groups is 1. The third-order valence-corrected chi connectivity index (χ3v) is 1.79. The van der Waals surface area contributed by atoms with E-state index in [0.29, 0.717) is 17.8 Å². The number of aliphatic hydroxyl groups is 1. The van der Waals surface area contributed by atoms with Crippen molar-refractivity contribution >= 4 is 11.9 Å². The van der Waals surface area contributed by atoms with Crippen LogP contribution in [0.4, 0.5) is 0 Å². The second kappa shape index (κ2) is 8.33. The third-order valence-electron chi connectivity index (χ3n) is 1.79. The van der Waals surface area contributed by atoms with E-state index < -0.39 is 0 Å². The number of nitrogens with zero attached hydrogens (tertiary/aromatic N) is 2.